The third-order valence-electron chi connectivity index (χ3n) is 4.49. The molecule has 22 heavy (non-hydrogen) atoms. The maximum Gasteiger partial charge on any atom is 0.228 e. The molecule has 3 rings (SSSR count). The Morgan fingerprint density at radius 1 is 1.23 bits per heavy atom. The molecule has 1 amide bonds. The first-order valence-corrected chi connectivity index (χ1v) is 8.14. The highest BCUT2D eigenvalue weighted by Gasteiger charge is 2.21. The van der Waals surface area contributed by atoms with Gasteiger partial charge in [-0.2, -0.15) is 0 Å². The Balaban J connectivity index is 1.74. The van der Waals surface area contributed by atoms with Crippen LogP contribution in [0.15, 0.2) is 42.6 Å². The van der Waals surface area contributed by atoms with Gasteiger partial charge in [-0.25, -0.2) is 0 Å². The summed E-state index contributed by atoms with van der Waals surface area (Å²) in [6, 6.07) is 12.5. The molecule has 0 saturated carbocycles. The molecule has 3 heteroatoms. The van der Waals surface area contributed by atoms with Crippen molar-refractivity contribution in [2.75, 3.05) is 13.1 Å². The molecule has 1 aliphatic heterocycles. The SMILES string of the molecule is Cc1ccc(-n2cccc2CC(=O)N2CCCC(C)C2)cc1. The Morgan fingerprint density at radius 2 is 2.00 bits per heavy atom. The minimum atomic E-state index is 0.249. The summed E-state index contributed by atoms with van der Waals surface area (Å²) < 4.78 is 2.12. The van der Waals surface area contributed by atoms with E-state index in [1.165, 1.54) is 12.0 Å². The molecular weight excluding hydrogens is 272 g/mol. The number of hydrogen-bond donors (Lipinski definition) is 0. The molecule has 0 spiro atoms. The molecule has 3 nitrogen and oxygen atoms in total. The number of rotatable bonds is 3. The van der Waals surface area contributed by atoms with E-state index < -0.39 is 0 Å². The smallest absolute Gasteiger partial charge is 0.228 e. The fraction of sp³-hybridized carbons (Fsp3) is 0.421. The summed E-state index contributed by atoms with van der Waals surface area (Å²) in [7, 11) is 0. The van der Waals surface area contributed by atoms with Crippen LogP contribution >= 0.6 is 0 Å². The quantitative estimate of drug-likeness (QED) is 0.850. The summed E-state index contributed by atoms with van der Waals surface area (Å²) in [5.41, 5.74) is 3.42. The Kier molecular flexibility index (Phi) is 4.32. The molecule has 2 heterocycles. The fourth-order valence-corrected chi connectivity index (χ4v) is 3.20. The lowest BCUT2D eigenvalue weighted by Crippen LogP contribution is -2.40. The van der Waals surface area contributed by atoms with E-state index in [1.807, 2.05) is 23.2 Å². The van der Waals surface area contributed by atoms with Crippen LogP contribution in [0, 0.1) is 12.8 Å². The van der Waals surface area contributed by atoms with E-state index in [1.54, 1.807) is 0 Å². The van der Waals surface area contributed by atoms with Crippen molar-refractivity contribution < 1.29 is 4.79 Å². The number of hydrogen-bond acceptors (Lipinski definition) is 1. The van der Waals surface area contributed by atoms with Crippen LogP contribution in [-0.4, -0.2) is 28.5 Å². The Morgan fingerprint density at radius 3 is 2.73 bits per heavy atom. The molecule has 116 valence electrons. The van der Waals surface area contributed by atoms with Gasteiger partial charge in [0, 0.05) is 30.7 Å². The molecule has 1 aromatic heterocycles. The van der Waals surface area contributed by atoms with Crippen LogP contribution < -0.4 is 0 Å². The first kappa shape index (κ1) is 14.9. The van der Waals surface area contributed by atoms with Gasteiger partial charge >= 0.3 is 0 Å². The average molecular weight is 296 g/mol. The molecule has 0 radical (unpaired) electrons. The van der Waals surface area contributed by atoms with Crippen LogP contribution in [0.2, 0.25) is 0 Å². The van der Waals surface area contributed by atoms with Crippen LogP contribution in [-0.2, 0) is 11.2 Å². The molecule has 1 unspecified atom stereocenters. The summed E-state index contributed by atoms with van der Waals surface area (Å²) in [5.74, 6) is 0.875. The number of aryl methyl sites for hydroxylation is 1. The van der Waals surface area contributed by atoms with Gasteiger partial charge in [-0.15, -0.1) is 0 Å². The second kappa shape index (κ2) is 6.39. The minimum Gasteiger partial charge on any atom is -0.342 e. The molecular formula is C19H24N2O. The molecule has 0 aliphatic carbocycles. The highest BCUT2D eigenvalue weighted by Crippen LogP contribution is 2.18. The molecule has 1 atom stereocenters. The standard InChI is InChI=1S/C19H24N2O/c1-15-7-9-17(10-8-15)21-12-4-6-18(21)13-19(22)20-11-3-5-16(2)14-20/h4,6-10,12,16H,3,5,11,13-14H2,1-2H3. The second-order valence-corrected chi connectivity index (χ2v) is 6.47. The fourth-order valence-electron chi connectivity index (χ4n) is 3.20. The van der Waals surface area contributed by atoms with Crippen LogP contribution in [0.5, 0.6) is 0 Å². The van der Waals surface area contributed by atoms with E-state index in [0.717, 1.165) is 30.9 Å². The first-order chi connectivity index (χ1) is 10.6. The lowest BCUT2D eigenvalue weighted by Gasteiger charge is -2.31. The van der Waals surface area contributed by atoms with E-state index in [4.69, 9.17) is 0 Å². The normalized spacial score (nSPS) is 18.5. The first-order valence-electron chi connectivity index (χ1n) is 8.14. The molecule has 1 aliphatic rings. The predicted molar refractivity (Wildman–Crippen MR) is 89.2 cm³/mol. The van der Waals surface area contributed by atoms with Gasteiger partial charge in [0.1, 0.15) is 0 Å². The maximum absolute atomic E-state index is 12.6. The van der Waals surface area contributed by atoms with Crippen molar-refractivity contribution in [3.63, 3.8) is 0 Å². The average Bonchev–Trinajstić information content (AvgIpc) is 2.96. The minimum absolute atomic E-state index is 0.249. The number of carbonyl (C=O) groups is 1. The van der Waals surface area contributed by atoms with Crippen LogP contribution in [0.1, 0.15) is 31.0 Å². The van der Waals surface area contributed by atoms with Gasteiger partial charge in [0.25, 0.3) is 0 Å². The summed E-state index contributed by atoms with van der Waals surface area (Å²) in [5, 5.41) is 0. The van der Waals surface area contributed by atoms with E-state index >= 15 is 0 Å². The highest BCUT2D eigenvalue weighted by molar-refractivity contribution is 5.78. The van der Waals surface area contributed by atoms with Crippen molar-refractivity contribution in [2.24, 2.45) is 5.92 Å². The lowest BCUT2D eigenvalue weighted by molar-refractivity contribution is -0.132. The molecule has 0 bridgehead atoms. The van der Waals surface area contributed by atoms with E-state index in [-0.39, 0.29) is 5.91 Å². The molecule has 1 fully saturated rings. The van der Waals surface area contributed by atoms with E-state index in [0.29, 0.717) is 12.3 Å². The van der Waals surface area contributed by atoms with Gasteiger partial charge in [-0.05, 0) is 49.9 Å². The van der Waals surface area contributed by atoms with Gasteiger partial charge in [0.15, 0.2) is 0 Å². The van der Waals surface area contributed by atoms with E-state index in [9.17, 15) is 4.79 Å². The zero-order chi connectivity index (χ0) is 15.5. The summed E-state index contributed by atoms with van der Waals surface area (Å²) >= 11 is 0. The van der Waals surface area contributed by atoms with Crippen molar-refractivity contribution in [2.45, 2.75) is 33.1 Å². The number of aromatic nitrogens is 1. The maximum atomic E-state index is 12.6. The number of benzene rings is 1. The molecule has 2 aromatic rings. The number of nitrogens with zero attached hydrogens (tertiary/aromatic N) is 2. The largest absolute Gasteiger partial charge is 0.342 e. The summed E-state index contributed by atoms with van der Waals surface area (Å²) in [6.45, 7) is 6.13. The van der Waals surface area contributed by atoms with Crippen molar-refractivity contribution in [1.29, 1.82) is 0 Å². The van der Waals surface area contributed by atoms with Gasteiger partial charge in [-0.3, -0.25) is 4.79 Å². The Bertz CT molecular complexity index is 642. The molecule has 1 saturated heterocycles. The van der Waals surface area contributed by atoms with Gasteiger partial charge < -0.3 is 9.47 Å². The van der Waals surface area contributed by atoms with Gasteiger partial charge in [-0.1, -0.05) is 24.6 Å². The highest BCUT2D eigenvalue weighted by atomic mass is 16.2. The third kappa shape index (κ3) is 3.24. The zero-order valence-electron chi connectivity index (χ0n) is 13.5. The van der Waals surface area contributed by atoms with Crippen molar-refractivity contribution >= 4 is 5.91 Å². The zero-order valence-corrected chi connectivity index (χ0v) is 13.5. The van der Waals surface area contributed by atoms with Crippen LogP contribution in [0.25, 0.3) is 5.69 Å². The Hall–Kier alpha value is -2.03. The number of carbonyl (C=O) groups excluding carboxylic acids is 1. The molecule has 0 N–H and O–H groups in total. The van der Waals surface area contributed by atoms with Gasteiger partial charge in [0.05, 0.1) is 6.42 Å². The van der Waals surface area contributed by atoms with Crippen LogP contribution in [0.3, 0.4) is 0 Å². The van der Waals surface area contributed by atoms with Crippen molar-refractivity contribution in [3.8, 4) is 5.69 Å². The van der Waals surface area contributed by atoms with Crippen LogP contribution in [0.4, 0.5) is 0 Å². The number of likely N-dealkylation sites (tertiary alicyclic amines) is 1. The third-order valence-corrected chi connectivity index (χ3v) is 4.49. The van der Waals surface area contributed by atoms with Crippen molar-refractivity contribution in [1.82, 2.24) is 9.47 Å². The summed E-state index contributed by atoms with van der Waals surface area (Å²) in [6.07, 6.45) is 4.88. The van der Waals surface area contributed by atoms with Gasteiger partial charge in [0.2, 0.25) is 5.91 Å². The predicted octanol–water partition coefficient (Wildman–Crippen LogP) is 3.59. The number of amides is 1. The topological polar surface area (TPSA) is 25.2 Å². The summed E-state index contributed by atoms with van der Waals surface area (Å²) in [4.78, 5) is 14.6. The monoisotopic (exact) mass is 296 g/mol. The second-order valence-electron chi connectivity index (χ2n) is 6.47. The lowest BCUT2D eigenvalue weighted by atomic mass is 10.00. The number of piperidine rings is 1. The van der Waals surface area contributed by atoms with Crippen molar-refractivity contribution in [3.05, 3.63) is 53.9 Å². The Labute approximate surface area is 132 Å². The molecule has 1 aromatic carbocycles. The van der Waals surface area contributed by atoms with E-state index in [2.05, 4.69) is 42.7 Å².